The zero-order valence-corrected chi connectivity index (χ0v) is 18.7. The van der Waals surface area contributed by atoms with E-state index in [4.69, 9.17) is 0 Å². The van der Waals surface area contributed by atoms with Crippen molar-refractivity contribution < 1.29 is 0 Å². The van der Waals surface area contributed by atoms with E-state index in [1.54, 1.807) is 21.5 Å². The van der Waals surface area contributed by atoms with E-state index in [0.29, 0.717) is 11.8 Å². The lowest BCUT2D eigenvalue weighted by Gasteiger charge is -2.30. The second kappa shape index (κ2) is 6.63. The Morgan fingerprint density at radius 2 is 1.07 bits per heavy atom. The Balaban J connectivity index is 1.87. The minimum atomic E-state index is -1.76. The Kier molecular flexibility index (Phi) is 4.54. The smallest absolute Gasteiger partial charge is 0.0795 e. The molecule has 0 fully saturated rings. The van der Waals surface area contributed by atoms with Crippen LogP contribution in [0.2, 0.25) is 13.1 Å². The Morgan fingerprint density at radius 3 is 1.44 bits per heavy atom. The van der Waals surface area contributed by atoms with Crippen LogP contribution in [0.3, 0.4) is 0 Å². The normalized spacial score (nSPS) is 15.1. The Hall–Kier alpha value is -1.86. The minimum Gasteiger partial charge on any atom is -0.0795 e. The van der Waals surface area contributed by atoms with Gasteiger partial charge in [-0.05, 0) is 58.1 Å². The number of allylic oxidation sites excluding steroid dienone is 2. The number of fused-ring (bicyclic) bond motifs is 2. The molecule has 0 spiro atoms. The number of benzene rings is 2. The summed E-state index contributed by atoms with van der Waals surface area (Å²) in [6.07, 6.45) is 11.7. The molecule has 0 radical (unpaired) electrons. The summed E-state index contributed by atoms with van der Waals surface area (Å²) in [5, 5.41) is 3.27. The molecule has 0 unspecified atom stereocenters. The largest absolute Gasteiger partial charge is 0.113 e. The average molecular weight is 373 g/mol. The maximum atomic E-state index is 2.55. The summed E-state index contributed by atoms with van der Waals surface area (Å²) in [6, 6.07) is 9.76. The summed E-state index contributed by atoms with van der Waals surface area (Å²) in [6.45, 7) is 14.4. The summed E-state index contributed by atoms with van der Waals surface area (Å²) in [7, 11) is -1.76. The van der Waals surface area contributed by atoms with Gasteiger partial charge in [0.1, 0.15) is 8.07 Å². The quantitative estimate of drug-likeness (QED) is 0.587. The Bertz CT molecular complexity index is 877. The van der Waals surface area contributed by atoms with Crippen molar-refractivity contribution in [3.8, 4) is 0 Å². The highest BCUT2D eigenvalue weighted by Gasteiger charge is 2.34. The molecule has 140 valence electrons. The first-order valence-corrected chi connectivity index (χ1v) is 13.5. The van der Waals surface area contributed by atoms with Gasteiger partial charge in [-0.1, -0.05) is 99.7 Å². The molecule has 0 amide bonds. The minimum absolute atomic E-state index is 0.583. The Labute approximate surface area is 166 Å². The highest BCUT2D eigenvalue weighted by atomic mass is 28.3. The molecule has 4 rings (SSSR count). The molecular formula is C26H32Si. The molecule has 2 aromatic rings. The van der Waals surface area contributed by atoms with Crippen molar-refractivity contribution in [3.63, 3.8) is 0 Å². The van der Waals surface area contributed by atoms with Crippen LogP contribution in [0, 0.1) is 0 Å². The SMILES string of the molecule is CC(C)c1ccc([Si](C)(C)c2ccc(C(C)C)c3c2CC=C3)c2c1C=CC2. The van der Waals surface area contributed by atoms with E-state index < -0.39 is 8.07 Å². The van der Waals surface area contributed by atoms with Crippen LogP contribution in [-0.2, 0) is 12.8 Å². The molecule has 0 aliphatic heterocycles. The van der Waals surface area contributed by atoms with Gasteiger partial charge in [-0.25, -0.2) is 0 Å². The van der Waals surface area contributed by atoms with Gasteiger partial charge in [0, 0.05) is 0 Å². The fourth-order valence-electron chi connectivity index (χ4n) is 5.11. The zero-order valence-electron chi connectivity index (χ0n) is 17.7. The lowest BCUT2D eigenvalue weighted by atomic mass is 9.95. The third-order valence-electron chi connectivity index (χ3n) is 6.59. The van der Waals surface area contributed by atoms with Crippen molar-refractivity contribution in [2.75, 3.05) is 0 Å². The van der Waals surface area contributed by atoms with Crippen molar-refractivity contribution in [2.24, 2.45) is 0 Å². The first-order valence-electron chi connectivity index (χ1n) is 10.5. The summed E-state index contributed by atoms with van der Waals surface area (Å²) < 4.78 is 0. The number of hydrogen-bond donors (Lipinski definition) is 0. The third-order valence-corrected chi connectivity index (χ3v) is 10.2. The molecular weight excluding hydrogens is 340 g/mol. The fraction of sp³-hybridized carbons (Fsp3) is 0.385. The van der Waals surface area contributed by atoms with E-state index in [9.17, 15) is 0 Å². The van der Waals surface area contributed by atoms with Crippen molar-refractivity contribution in [2.45, 2.75) is 65.5 Å². The van der Waals surface area contributed by atoms with Crippen LogP contribution < -0.4 is 10.4 Å². The molecule has 2 aromatic carbocycles. The van der Waals surface area contributed by atoms with E-state index in [0.717, 1.165) is 12.8 Å². The van der Waals surface area contributed by atoms with Crippen LogP contribution in [-0.4, -0.2) is 8.07 Å². The lowest BCUT2D eigenvalue weighted by Crippen LogP contribution is -2.55. The predicted molar refractivity (Wildman–Crippen MR) is 123 cm³/mol. The van der Waals surface area contributed by atoms with Crippen LogP contribution in [0.25, 0.3) is 12.2 Å². The summed E-state index contributed by atoms with van der Waals surface area (Å²) >= 11 is 0. The summed E-state index contributed by atoms with van der Waals surface area (Å²) in [4.78, 5) is 0. The third kappa shape index (κ3) is 2.88. The first-order chi connectivity index (χ1) is 12.8. The topological polar surface area (TPSA) is 0 Å². The van der Waals surface area contributed by atoms with E-state index in [1.165, 1.54) is 22.3 Å². The van der Waals surface area contributed by atoms with Crippen LogP contribution in [0.5, 0.6) is 0 Å². The maximum absolute atomic E-state index is 2.55. The van der Waals surface area contributed by atoms with E-state index in [1.807, 2.05) is 0 Å². The van der Waals surface area contributed by atoms with Crippen LogP contribution in [0.1, 0.15) is 72.9 Å². The van der Waals surface area contributed by atoms with Crippen molar-refractivity contribution >= 4 is 30.6 Å². The standard InChI is InChI=1S/C26H32Si/c1-17(2)19-13-15-25(23-11-7-9-21(19)23)27(5,6)26-16-14-20(18(3)4)22-10-8-12-24(22)26/h7-10,13-18H,11-12H2,1-6H3. The van der Waals surface area contributed by atoms with Gasteiger partial charge in [0.05, 0.1) is 0 Å². The summed E-state index contributed by atoms with van der Waals surface area (Å²) in [5.74, 6) is 1.17. The van der Waals surface area contributed by atoms with Gasteiger partial charge in [-0.15, -0.1) is 0 Å². The van der Waals surface area contributed by atoms with Gasteiger partial charge < -0.3 is 0 Å². The zero-order chi connectivity index (χ0) is 19.3. The predicted octanol–water partition coefficient (Wildman–Crippen LogP) is 5.89. The molecule has 0 N–H and O–H groups in total. The lowest BCUT2D eigenvalue weighted by molar-refractivity contribution is 0.862. The van der Waals surface area contributed by atoms with Gasteiger partial charge in [-0.2, -0.15) is 0 Å². The van der Waals surface area contributed by atoms with Gasteiger partial charge >= 0.3 is 0 Å². The van der Waals surface area contributed by atoms with Crippen LogP contribution in [0.4, 0.5) is 0 Å². The fourth-order valence-corrected chi connectivity index (χ4v) is 8.38. The monoisotopic (exact) mass is 372 g/mol. The highest BCUT2D eigenvalue weighted by molar-refractivity contribution is 7.01. The van der Waals surface area contributed by atoms with Crippen LogP contribution in [0.15, 0.2) is 36.4 Å². The van der Waals surface area contributed by atoms with Crippen molar-refractivity contribution in [3.05, 3.63) is 69.8 Å². The van der Waals surface area contributed by atoms with Gasteiger partial charge in [0.25, 0.3) is 0 Å². The van der Waals surface area contributed by atoms with Gasteiger partial charge in [-0.3, -0.25) is 0 Å². The molecule has 2 aliphatic rings. The van der Waals surface area contributed by atoms with E-state index >= 15 is 0 Å². The molecule has 2 aliphatic carbocycles. The second-order valence-corrected chi connectivity index (χ2v) is 13.7. The van der Waals surface area contributed by atoms with E-state index in [2.05, 4.69) is 89.4 Å². The Morgan fingerprint density at radius 1 is 0.667 bits per heavy atom. The highest BCUT2D eigenvalue weighted by Crippen LogP contribution is 2.32. The molecule has 1 heteroatoms. The van der Waals surface area contributed by atoms with Gasteiger partial charge in [0.2, 0.25) is 0 Å². The van der Waals surface area contributed by atoms with Gasteiger partial charge in [0.15, 0.2) is 0 Å². The molecule has 0 bridgehead atoms. The first kappa shape index (κ1) is 18.5. The number of hydrogen-bond acceptors (Lipinski definition) is 0. The van der Waals surface area contributed by atoms with Crippen molar-refractivity contribution in [1.29, 1.82) is 0 Å². The van der Waals surface area contributed by atoms with E-state index in [-0.39, 0.29) is 0 Å². The molecule has 0 saturated heterocycles. The average Bonchev–Trinajstić information content (AvgIpc) is 3.28. The maximum Gasteiger partial charge on any atom is 0.113 e. The molecule has 0 heterocycles. The number of rotatable bonds is 4. The molecule has 0 aromatic heterocycles. The molecule has 0 nitrogen and oxygen atoms in total. The molecule has 0 atom stereocenters. The molecule has 0 saturated carbocycles. The second-order valence-electron chi connectivity index (χ2n) is 9.34. The van der Waals surface area contributed by atoms with Crippen molar-refractivity contribution in [1.82, 2.24) is 0 Å². The summed E-state index contributed by atoms with van der Waals surface area (Å²) in [5.41, 5.74) is 9.24. The van der Waals surface area contributed by atoms with Crippen LogP contribution >= 0.6 is 0 Å². The molecule has 27 heavy (non-hydrogen) atoms.